The van der Waals surface area contributed by atoms with Crippen molar-refractivity contribution in [2.45, 2.75) is 13.3 Å². The SMILES string of the molecule is COC(=C=O)CC(C)C(=O)Cl. The van der Waals surface area contributed by atoms with Crippen LogP contribution in [0.15, 0.2) is 5.76 Å². The maximum atomic E-state index is 10.5. The van der Waals surface area contributed by atoms with Gasteiger partial charge in [-0.3, -0.25) is 4.79 Å². The summed E-state index contributed by atoms with van der Waals surface area (Å²) in [4.78, 5) is 20.5. The van der Waals surface area contributed by atoms with Crippen molar-refractivity contribution in [2.75, 3.05) is 7.11 Å². The Hall–Kier alpha value is -0.790. The van der Waals surface area contributed by atoms with Gasteiger partial charge in [0.1, 0.15) is 0 Å². The fourth-order valence-corrected chi connectivity index (χ4v) is 0.602. The highest BCUT2D eigenvalue weighted by atomic mass is 35.5. The van der Waals surface area contributed by atoms with Gasteiger partial charge in [0.15, 0.2) is 11.7 Å². The minimum absolute atomic E-state index is 0.117. The summed E-state index contributed by atoms with van der Waals surface area (Å²) in [6.07, 6.45) is 0.211. The lowest BCUT2D eigenvalue weighted by atomic mass is 10.1. The summed E-state index contributed by atoms with van der Waals surface area (Å²) in [6, 6.07) is 0. The molecule has 0 aromatic carbocycles. The Morgan fingerprint density at radius 1 is 1.73 bits per heavy atom. The summed E-state index contributed by atoms with van der Waals surface area (Å²) in [5, 5.41) is -0.477. The minimum Gasteiger partial charge on any atom is -0.490 e. The van der Waals surface area contributed by atoms with Crippen LogP contribution < -0.4 is 0 Å². The van der Waals surface area contributed by atoms with Gasteiger partial charge in [-0.25, -0.2) is 4.79 Å². The van der Waals surface area contributed by atoms with Crippen molar-refractivity contribution in [3.63, 3.8) is 0 Å². The first-order valence-electron chi connectivity index (χ1n) is 3.09. The predicted molar refractivity (Wildman–Crippen MR) is 40.9 cm³/mol. The highest BCUT2D eigenvalue weighted by Gasteiger charge is 2.12. The minimum atomic E-state index is -0.477. The Balaban J connectivity index is 4.03. The maximum Gasteiger partial charge on any atom is 0.224 e. The average Bonchev–Trinajstić information content (AvgIpc) is 1.99. The van der Waals surface area contributed by atoms with Crippen LogP contribution in [0.2, 0.25) is 0 Å². The molecule has 0 saturated heterocycles. The molecule has 0 aliphatic heterocycles. The summed E-state index contributed by atoms with van der Waals surface area (Å²) in [7, 11) is 1.35. The summed E-state index contributed by atoms with van der Waals surface area (Å²) < 4.78 is 4.60. The second-order valence-electron chi connectivity index (χ2n) is 2.14. The van der Waals surface area contributed by atoms with E-state index < -0.39 is 11.2 Å². The van der Waals surface area contributed by atoms with Crippen molar-refractivity contribution >= 4 is 22.8 Å². The van der Waals surface area contributed by atoms with Gasteiger partial charge in [-0.15, -0.1) is 0 Å². The third kappa shape index (κ3) is 3.81. The molecule has 0 aliphatic carbocycles. The molecule has 0 heterocycles. The van der Waals surface area contributed by atoms with Crippen molar-refractivity contribution < 1.29 is 14.3 Å². The third-order valence-electron chi connectivity index (χ3n) is 1.24. The topological polar surface area (TPSA) is 43.4 Å². The van der Waals surface area contributed by atoms with E-state index in [9.17, 15) is 9.59 Å². The van der Waals surface area contributed by atoms with E-state index in [4.69, 9.17) is 11.6 Å². The number of methoxy groups -OCH3 is 1. The molecule has 0 radical (unpaired) electrons. The van der Waals surface area contributed by atoms with Gasteiger partial charge < -0.3 is 4.74 Å². The molecule has 0 saturated carbocycles. The van der Waals surface area contributed by atoms with Crippen LogP contribution in [-0.4, -0.2) is 18.3 Å². The molecule has 0 bridgehead atoms. The number of ether oxygens (including phenoxy) is 1. The van der Waals surface area contributed by atoms with E-state index in [1.807, 2.05) is 0 Å². The van der Waals surface area contributed by atoms with E-state index in [1.54, 1.807) is 12.9 Å². The molecule has 0 N–H and O–H groups in total. The normalized spacial score (nSPS) is 11.5. The molecule has 0 aromatic heterocycles. The Morgan fingerprint density at radius 2 is 2.27 bits per heavy atom. The van der Waals surface area contributed by atoms with E-state index >= 15 is 0 Å². The molecule has 0 rings (SSSR count). The zero-order valence-electron chi connectivity index (χ0n) is 6.39. The first-order chi connectivity index (χ1) is 5.11. The van der Waals surface area contributed by atoms with Crippen LogP contribution in [0.3, 0.4) is 0 Å². The molecule has 0 amide bonds. The fraction of sp³-hybridized carbons (Fsp3) is 0.571. The number of carbonyl (C=O) groups excluding carboxylic acids is 2. The van der Waals surface area contributed by atoms with Crippen molar-refractivity contribution in [1.29, 1.82) is 0 Å². The Morgan fingerprint density at radius 3 is 2.55 bits per heavy atom. The van der Waals surface area contributed by atoms with Crippen LogP contribution >= 0.6 is 11.6 Å². The molecule has 1 atom stereocenters. The van der Waals surface area contributed by atoms with Crippen LogP contribution in [0.4, 0.5) is 0 Å². The number of halogens is 1. The first-order valence-corrected chi connectivity index (χ1v) is 3.47. The van der Waals surface area contributed by atoms with Crippen LogP contribution in [0.25, 0.3) is 0 Å². The molecule has 0 fully saturated rings. The standard InChI is InChI=1S/C7H9ClO3/c1-5(7(8)10)3-6(4-9)11-2/h5H,3H2,1-2H3. The maximum absolute atomic E-state index is 10.5. The summed E-state index contributed by atoms with van der Waals surface area (Å²) in [6.45, 7) is 1.62. The van der Waals surface area contributed by atoms with Crippen molar-refractivity contribution in [2.24, 2.45) is 5.92 Å². The van der Waals surface area contributed by atoms with Gasteiger partial charge in [0.05, 0.1) is 7.11 Å². The van der Waals surface area contributed by atoms with Crippen LogP contribution in [0.5, 0.6) is 0 Å². The molecule has 0 aliphatic rings. The largest absolute Gasteiger partial charge is 0.490 e. The smallest absolute Gasteiger partial charge is 0.224 e. The highest BCUT2D eigenvalue weighted by molar-refractivity contribution is 6.63. The second-order valence-corrected chi connectivity index (χ2v) is 2.51. The monoisotopic (exact) mass is 176 g/mol. The number of rotatable bonds is 4. The molecule has 0 spiro atoms. The van der Waals surface area contributed by atoms with Gasteiger partial charge in [-0.05, 0) is 11.6 Å². The molecule has 1 unspecified atom stereocenters. The highest BCUT2D eigenvalue weighted by Crippen LogP contribution is 2.11. The zero-order valence-corrected chi connectivity index (χ0v) is 7.14. The van der Waals surface area contributed by atoms with E-state index in [2.05, 4.69) is 4.74 Å². The zero-order chi connectivity index (χ0) is 8.85. The van der Waals surface area contributed by atoms with Crippen LogP contribution in [0.1, 0.15) is 13.3 Å². The molecule has 4 heteroatoms. The summed E-state index contributed by atoms with van der Waals surface area (Å²) >= 11 is 5.15. The van der Waals surface area contributed by atoms with E-state index in [1.165, 1.54) is 7.11 Å². The van der Waals surface area contributed by atoms with Crippen molar-refractivity contribution in [3.05, 3.63) is 5.76 Å². The number of allylic oxidation sites excluding steroid dienone is 1. The number of hydrogen-bond acceptors (Lipinski definition) is 3. The van der Waals surface area contributed by atoms with Gasteiger partial charge >= 0.3 is 0 Å². The molecular formula is C7H9ClO3. The molecule has 3 nitrogen and oxygen atoms in total. The summed E-state index contributed by atoms with van der Waals surface area (Å²) in [5.41, 5.74) is 0. The Labute approximate surface area is 70.0 Å². The Kier molecular flexibility index (Phi) is 4.59. The van der Waals surface area contributed by atoms with Crippen LogP contribution in [-0.2, 0) is 14.3 Å². The lowest BCUT2D eigenvalue weighted by Crippen LogP contribution is -2.06. The fourth-order valence-electron chi connectivity index (χ4n) is 0.525. The third-order valence-corrected chi connectivity index (χ3v) is 1.61. The first kappa shape index (κ1) is 10.2. The van der Waals surface area contributed by atoms with Crippen molar-refractivity contribution in [1.82, 2.24) is 0 Å². The summed E-state index contributed by atoms with van der Waals surface area (Å²) in [5.74, 6) is 1.29. The van der Waals surface area contributed by atoms with E-state index in [0.717, 1.165) is 0 Å². The Bertz CT molecular complexity index is 194. The number of carbonyl (C=O) groups is 1. The lowest BCUT2D eigenvalue weighted by Gasteiger charge is -2.04. The molecular weight excluding hydrogens is 168 g/mol. The van der Waals surface area contributed by atoms with E-state index in [-0.39, 0.29) is 12.2 Å². The van der Waals surface area contributed by atoms with Gasteiger partial charge in [-0.1, -0.05) is 6.92 Å². The molecule has 0 aromatic rings. The number of hydrogen-bond donors (Lipinski definition) is 0. The van der Waals surface area contributed by atoms with Gasteiger partial charge in [0.2, 0.25) is 5.24 Å². The molecule has 11 heavy (non-hydrogen) atoms. The average molecular weight is 177 g/mol. The van der Waals surface area contributed by atoms with Crippen molar-refractivity contribution in [3.8, 4) is 0 Å². The quantitative estimate of drug-likeness (QED) is 0.367. The lowest BCUT2D eigenvalue weighted by molar-refractivity contribution is -0.114. The van der Waals surface area contributed by atoms with Gasteiger partial charge in [0, 0.05) is 12.3 Å². The predicted octanol–water partition coefficient (Wildman–Crippen LogP) is 1.14. The second kappa shape index (κ2) is 4.94. The van der Waals surface area contributed by atoms with Crippen LogP contribution in [0, 0.1) is 5.92 Å². The van der Waals surface area contributed by atoms with E-state index in [0.29, 0.717) is 0 Å². The van der Waals surface area contributed by atoms with Gasteiger partial charge in [0.25, 0.3) is 0 Å². The van der Waals surface area contributed by atoms with Gasteiger partial charge in [-0.2, -0.15) is 0 Å². The molecule has 62 valence electrons.